The van der Waals surface area contributed by atoms with Crippen LogP contribution in [-0.2, 0) is 0 Å². The predicted molar refractivity (Wildman–Crippen MR) is 105 cm³/mol. The second-order valence-electron chi connectivity index (χ2n) is 5.91. The fourth-order valence-electron chi connectivity index (χ4n) is 2.66. The molecule has 0 aliphatic carbocycles. The van der Waals surface area contributed by atoms with E-state index in [0.29, 0.717) is 6.54 Å². The van der Waals surface area contributed by atoms with Gasteiger partial charge < -0.3 is 15.2 Å². The van der Waals surface area contributed by atoms with Crippen molar-refractivity contribution in [2.24, 2.45) is 0 Å². The molecule has 0 fully saturated rings. The Balaban J connectivity index is 0.00000225. The van der Waals surface area contributed by atoms with Crippen molar-refractivity contribution in [1.82, 2.24) is 10.3 Å². The van der Waals surface area contributed by atoms with E-state index in [0.717, 1.165) is 33.5 Å². The molecule has 132 valence electrons. The molecule has 3 aromatic rings. The molecule has 1 aromatic heterocycles. The number of fused-ring (bicyclic) bond motifs is 1. The Kier molecular flexibility index (Phi) is 6.76. The molecule has 0 spiro atoms. The lowest BCUT2D eigenvalue weighted by Gasteiger charge is -2.15. The minimum Gasteiger partial charge on any atom is -0.490 e. The van der Waals surface area contributed by atoms with Crippen LogP contribution in [0.1, 0.15) is 5.56 Å². The van der Waals surface area contributed by atoms with Crippen LogP contribution >= 0.6 is 12.4 Å². The van der Waals surface area contributed by atoms with Gasteiger partial charge in [0.2, 0.25) is 0 Å². The summed E-state index contributed by atoms with van der Waals surface area (Å²) in [6.45, 7) is 2.78. The van der Waals surface area contributed by atoms with Crippen molar-refractivity contribution in [3.05, 3.63) is 60.2 Å². The molecule has 0 amide bonds. The highest BCUT2D eigenvalue weighted by Gasteiger charge is 2.11. The monoisotopic (exact) mass is 358 g/mol. The van der Waals surface area contributed by atoms with Crippen molar-refractivity contribution in [3.63, 3.8) is 0 Å². The van der Waals surface area contributed by atoms with E-state index in [9.17, 15) is 5.11 Å². The molecule has 25 heavy (non-hydrogen) atoms. The number of halogens is 1. The van der Waals surface area contributed by atoms with Gasteiger partial charge in [0.15, 0.2) is 0 Å². The first kappa shape index (κ1) is 19.2. The summed E-state index contributed by atoms with van der Waals surface area (Å²) in [5.74, 6) is 0.744. The summed E-state index contributed by atoms with van der Waals surface area (Å²) in [6, 6.07) is 18.1. The largest absolute Gasteiger partial charge is 0.490 e. The van der Waals surface area contributed by atoms with Crippen molar-refractivity contribution < 1.29 is 9.84 Å². The maximum absolute atomic E-state index is 9.91. The third-order valence-corrected chi connectivity index (χ3v) is 3.87. The number of nitrogens with one attached hydrogen (secondary N) is 1. The molecular weight excluding hydrogens is 336 g/mol. The van der Waals surface area contributed by atoms with Crippen LogP contribution in [0.15, 0.2) is 54.6 Å². The van der Waals surface area contributed by atoms with Gasteiger partial charge >= 0.3 is 0 Å². The number of aryl methyl sites for hydroxylation is 1. The number of likely N-dealkylation sites (N-methyl/N-ethyl adjacent to an activating group) is 1. The summed E-state index contributed by atoms with van der Waals surface area (Å²) >= 11 is 0. The summed E-state index contributed by atoms with van der Waals surface area (Å²) in [7, 11) is 1.81. The quantitative estimate of drug-likeness (QED) is 0.707. The SMILES string of the molecule is CNC[C@H](O)COc1cc(-c2ccccc2)nc2cc(C)ccc12.Cl. The Morgan fingerprint density at radius 3 is 2.60 bits per heavy atom. The zero-order valence-electron chi connectivity index (χ0n) is 14.4. The number of hydrogen-bond donors (Lipinski definition) is 2. The van der Waals surface area contributed by atoms with Crippen LogP contribution in [0.5, 0.6) is 5.75 Å². The molecular formula is C20H23ClN2O2. The van der Waals surface area contributed by atoms with Gasteiger partial charge in [-0.25, -0.2) is 4.98 Å². The molecule has 0 saturated heterocycles. The van der Waals surface area contributed by atoms with Gasteiger partial charge in [0.05, 0.1) is 11.2 Å². The van der Waals surface area contributed by atoms with Gasteiger partial charge in [-0.3, -0.25) is 0 Å². The number of aliphatic hydroxyl groups excluding tert-OH is 1. The number of hydrogen-bond acceptors (Lipinski definition) is 4. The molecule has 0 aliphatic heterocycles. The molecule has 0 unspecified atom stereocenters. The van der Waals surface area contributed by atoms with Crippen LogP contribution in [0.2, 0.25) is 0 Å². The molecule has 0 saturated carbocycles. The minimum absolute atomic E-state index is 0. The topological polar surface area (TPSA) is 54.4 Å². The average Bonchev–Trinajstić information content (AvgIpc) is 2.60. The maximum atomic E-state index is 9.91. The van der Waals surface area contributed by atoms with Crippen LogP contribution < -0.4 is 10.1 Å². The summed E-state index contributed by atoms with van der Waals surface area (Å²) in [4.78, 5) is 4.78. The lowest BCUT2D eigenvalue weighted by molar-refractivity contribution is 0.109. The molecule has 0 bridgehead atoms. The molecule has 5 heteroatoms. The van der Waals surface area contributed by atoms with E-state index in [1.165, 1.54) is 0 Å². The first-order valence-electron chi connectivity index (χ1n) is 8.09. The lowest BCUT2D eigenvalue weighted by atomic mass is 10.1. The second-order valence-corrected chi connectivity index (χ2v) is 5.91. The summed E-state index contributed by atoms with van der Waals surface area (Å²) in [6.07, 6.45) is -0.552. The van der Waals surface area contributed by atoms with E-state index in [4.69, 9.17) is 9.72 Å². The molecule has 0 aliphatic rings. The van der Waals surface area contributed by atoms with Crippen molar-refractivity contribution in [3.8, 4) is 17.0 Å². The number of ether oxygens (including phenoxy) is 1. The van der Waals surface area contributed by atoms with Crippen LogP contribution in [-0.4, -0.2) is 36.4 Å². The van der Waals surface area contributed by atoms with E-state index in [-0.39, 0.29) is 19.0 Å². The average molecular weight is 359 g/mol. The fourth-order valence-corrected chi connectivity index (χ4v) is 2.66. The van der Waals surface area contributed by atoms with Crippen LogP contribution in [0.25, 0.3) is 22.2 Å². The highest BCUT2D eigenvalue weighted by molar-refractivity contribution is 5.88. The Bertz CT molecular complexity index is 825. The van der Waals surface area contributed by atoms with Crippen LogP contribution in [0, 0.1) is 6.92 Å². The van der Waals surface area contributed by atoms with Gasteiger partial charge in [-0.05, 0) is 31.7 Å². The standard InChI is InChI=1S/C20H22N2O2.ClH/c1-14-8-9-17-19(10-14)22-18(15-6-4-3-5-7-15)11-20(17)24-13-16(23)12-21-2;/h3-11,16,21,23H,12-13H2,1-2H3;1H/t16-;/m0./s1. The first-order valence-corrected chi connectivity index (χ1v) is 8.09. The van der Waals surface area contributed by atoms with E-state index in [1.807, 2.05) is 55.5 Å². The normalized spacial score (nSPS) is 11.8. The van der Waals surface area contributed by atoms with E-state index >= 15 is 0 Å². The second kappa shape index (κ2) is 8.81. The van der Waals surface area contributed by atoms with Crippen molar-refractivity contribution in [2.75, 3.05) is 20.2 Å². The van der Waals surface area contributed by atoms with Gasteiger partial charge in [0, 0.05) is 23.6 Å². The van der Waals surface area contributed by atoms with Crippen LogP contribution in [0.3, 0.4) is 0 Å². The van der Waals surface area contributed by atoms with E-state index in [1.54, 1.807) is 7.05 Å². The van der Waals surface area contributed by atoms with Crippen LogP contribution in [0.4, 0.5) is 0 Å². The third kappa shape index (κ3) is 4.69. The Morgan fingerprint density at radius 1 is 1.12 bits per heavy atom. The van der Waals surface area contributed by atoms with Gasteiger partial charge in [-0.1, -0.05) is 36.4 Å². The molecule has 4 nitrogen and oxygen atoms in total. The Morgan fingerprint density at radius 2 is 1.88 bits per heavy atom. The molecule has 3 rings (SSSR count). The number of aliphatic hydroxyl groups is 1. The fraction of sp³-hybridized carbons (Fsp3) is 0.250. The van der Waals surface area contributed by atoms with Gasteiger partial charge in [-0.15, -0.1) is 12.4 Å². The summed E-state index contributed by atoms with van der Waals surface area (Å²) < 4.78 is 5.91. The summed E-state index contributed by atoms with van der Waals surface area (Å²) in [5.41, 5.74) is 3.96. The van der Waals surface area contributed by atoms with Crippen molar-refractivity contribution in [2.45, 2.75) is 13.0 Å². The number of aromatic nitrogens is 1. The molecule has 0 radical (unpaired) electrons. The molecule has 1 heterocycles. The Hall–Kier alpha value is -2.14. The minimum atomic E-state index is -0.552. The zero-order valence-corrected chi connectivity index (χ0v) is 15.2. The number of benzene rings is 2. The molecule has 1 atom stereocenters. The maximum Gasteiger partial charge on any atom is 0.131 e. The molecule has 2 N–H and O–H groups in total. The highest BCUT2D eigenvalue weighted by Crippen LogP contribution is 2.30. The Labute approximate surface area is 154 Å². The van der Waals surface area contributed by atoms with Crippen molar-refractivity contribution in [1.29, 1.82) is 0 Å². The summed E-state index contributed by atoms with van der Waals surface area (Å²) in [5, 5.41) is 13.8. The first-order chi connectivity index (χ1) is 11.7. The van der Waals surface area contributed by atoms with E-state index < -0.39 is 6.10 Å². The van der Waals surface area contributed by atoms with Gasteiger partial charge in [0.25, 0.3) is 0 Å². The predicted octanol–water partition coefficient (Wildman–Crippen LogP) is 3.59. The molecule has 2 aromatic carbocycles. The smallest absolute Gasteiger partial charge is 0.131 e. The highest BCUT2D eigenvalue weighted by atomic mass is 35.5. The van der Waals surface area contributed by atoms with E-state index in [2.05, 4.69) is 11.4 Å². The van der Waals surface area contributed by atoms with Gasteiger partial charge in [0.1, 0.15) is 18.5 Å². The lowest BCUT2D eigenvalue weighted by Crippen LogP contribution is -2.29. The number of nitrogens with zero attached hydrogens (tertiary/aromatic N) is 1. The third-order valence-electron chi connectivity index (χ3n) is 3.87. The van der Waals surface area contributed by atoms with Gasteiger partial charge in [-0.2, -0.15) is 0 Å². The number of rotatable bonds is 6. The van der Waals surface area contributed by atoms with Crippen molar-refractivity contribution >= 4 is 23.3 Å². The number of pyridine rings is 1. The zero-order chi connectivity index (χ0) is 16.9.